The van der Waals surface area contributed by atoms with Gasteiger partial charge in [0.05, 0.1) is 4.92 Å². The summed E-state index contributed by atoms with van der Waals surface area (Å²) in [7, 11) is 0. The van der Waals surface area contributed by atoms with Crippen LogP contribution >= 0.6 is 0 Å². The van der Waals surface area contributed by atoms with Gasteiger partial charge in [0.15, 0.2) is 0 Å². The van der Waals surface area contributed by atoms with Gasteiger partial charge in [-0.2, -0.15) is 0 Å². The minimum Gasteiger partial charge on any atom is -0.344 e. The number of benzene rings is 1. The Morgan fingerprint density at radius 1 is 0.972 bits per heavy atom. The fraction of sp³-hybridized carbons (Fsp3) is 0.522. The number of non-ortho nitro benzene ring substituents is 1. The second-order valence-corrected chi connectivity index (χ2v) is 9.10. The van der Waals surface area contributed by atoms with E-state index in [0.29, 0.717) is 18.5 Å². The second-order valence-electron chi connectivity index (χ2n) is 9.10. The Hall–Kier alpha value is -4.03. The molecule has 1 aromatic rings. The Labute approximate surface area is 208 Å². The average molecular weight is 505 g/mol. The smallest absolute Gasteiger partial charge is 0.269 e. The summed E-state index contributed by atoms with van der Waals surface area (Å²) in [5.41, 5.74) is 0.209. The van der Waals surface area contributed by atoms with E-state index in [1.54, 1.807) is 0 Å². The lowest BCUT2D eigenvalue weighted by Gasteiger charge is -2.23. The largest absolute Gasteiger partial charge is 0.344 e. The minimum atomic E-state index is -1.01. The van der Waals surface area contributed by atoms with Gasteiger partial charge in [-0.1, -0.05) is 13.8 Å². The van der Waals surface area contributed by atoms with Crippen LogP contribution in [0.2, 0.25) is 0 Å². The average Bonchev–Trinajstić information content (AvgIpc) is 3.24. The Kier molecular flexibility index (Phi) is 9.88. The number of hydrogen-bond acceptors (Lipinski definition) is 7. The zero-order valence-corrected chi connectivity index (χ0v) is 20.6. The number of hydrogen-bond donors (Lipinski definition) is 5. The maximum absolute atomic E-state index is 12.8. The fourth-order valence-electron chi connectivity index (χ4n) is 3.49. The Morgan fingerprint density at radius 2 is 1.56 bits per heavy atom. The van der Waals surface area contributed by atoms with Gasteiger partial charge in [0.25, 0.3) is 5.69 Å². The summed E-state index contributed by atoms with van der Waals surface area (Å²) >= 11 is 0. The molecule has 1 aromatic carbocycles. The molecule has 13 nitrogen and oxygen atoms in total. The summed E-state index contributed by atoms with van der Waals surface area (Å²) in [6.45, 7) is 6.65. The first-order valence-electron chi connectivity index (χ1n) is 11.6. The van der Waals surface area contributed by atoms with Gasteiger partial charge in [0.1, 0.15) is 24.2 Å². The highest BCUT2D eigenvalue weighted by Crippen LogP contribution is 2.16. The van der Waals surface area contributed by atoms with Crippen LogP contribution in [0.5, 0.6) is 0 Å². The first kappa shape index (κ1) is 28.2. The van der Waals surface area contributed by atoms with Crippen molar-refractivity contribution >= 4 is 40.9 Å². The minimum absolute atomic E-state index is 0.0501. The zero-order valence-electron chi connectivity index (χ0n) is 20.6. The maximum atomic E-state index is 12.8. The van der Waals surface area contributed by atoms with Crippen molar-refractivity contribution in [3.05, 3.63) is 34.4 Å². The molecule has 13 heteroatoms. The van der Waals surface area contributed by atoms with Gasteiger partial charge in [0.2, 0.25) is 29.5 Å². The van der Waals surface area contributed by atoms with Crippen molar-refractivity contribution in [1.82, 2.24) is 21.3 Å². The lowest BCUT2D eigenvalue weighted by atomic mass is 10.0. The van der Waals surface area contributed by atoms with Gasteiger partial charge in [0, 0.05) is 24.2 Å². The first-order valence-corrected chi connectivity index (χ1v) is 11.6. The van der Waals surface area contributed by atoms with Crippen molar-refractivity contribution < 1.29 is 28.9 Å². The molecular weight excluding hydrogens is 472 g/mol. The van der Waals surface area contributed by atoms with Crippen LogP contribution in [0.3, 0.4) is 0 Å². The summed E-state index contributed by atoms with van der Waals surface area (Å²) in [6.07, 6.45) is 0.896. The SMILES string of the molecule is CC(C)C[C@H](NC(=O)[C@H](C)NC(=O)[C@H](C)NC(=O)[C@@H]1CCC(=O)N1)C(=O)Nc1ccc([N+](=O)[O-])cc1. The number of amides is 5. The Bertz CT molecular complexity index is 1010. The molecule has 5 N–H and O–H groups in total. The van der Waals surface area contributed by atoms with E-state index in [-0.39, 0.29) is 23.9 Å². The number of nitro groups is 1. The third-order valence-corrected chi connectivity index (χ3v) is 5.50. The van der Waals surface area contributed by atoms with E-state index in [0.717, 1.165) is 0 Å². The lowest BCUT2D eigenvalue weighted by Crippen LogP contribution is -2.56. The quantitative estimate of drug-likeness (QED) is 0.212. The van der Waals surface area contributed by atoms with Gasteiger partial charge in [-0.25, -0.2) is 0 Å². The molecule has 1 heterocycles. The highest BCUT2D eigenvalue weighted by molar-refractivity contribution is 5.99. The molecule has 0 radical (unpaired) electrons. The van der Waals surface area contributed by atoms with E-state index < -0.39 is 52.7 Å². The number of nitro benzene ring substituents is 1. The normalized spacial score (nSPS) is 17.4. The number of anilines is 1. The highest BCUT2D eigenvalue weighted by Gasteiger charge is 2.30. The summed E-state index contributed by atoms with van der Waals surface area (Å²) in [5.74, 6) is -2.38. The van der Waals surface area contributed by atoms with E-state index in [1.807, 2.05) is 13.8 Å². The van der Waals surface area contributed by atoms with Gasteiger partial charge in [-0.15, -0.1) is 0 Å². The standard InChI is InChI=1S/C23H32N6O7/c1-12(2)11-18(23(34)26-15-5-7-16(8-6-15)29(35)36)28-21(32)14(4)24-20(31)13(3)25-22(33)17-9-10-19(30)27-17/h5-8,12-14,17-18H,9-11H2,1-4H3,(H,24,31)(H,25,33)(H,26,34)(H,27,30)(H,28,32)/t13-,14-,17-,18-/m0/s1. The van der Waals surface area contributed by atoms with Crippen molar-refractivity contribution in [3.63, 3.8) is 0 Å². The third-order valence-electron chi connectivity index (χ3n) is 5.50. The molecule has 0 bridgehead atoms. The van der Waals surface area contributed by atoms with Crippen LogP contribution in [-0.4, -0.2) is 58.6 Å². The number of rotatable bonds is 11. The van der Waals surface area contributed by atoms with Crippen LogP contribution in [0.25, 0.3) is 0 Å². The molecule has 1 saturated heterocycles. The van der Waals surface area contributed by atoms with Crippen molar-refractivity contribution in [2.75, 3.05) is 5.32 Å². The van der Waals surface area contributed by atoms with Gasteiger partial charge < -0.3 is 26.6 Å². The third kappa shape index (κ3) is 8.32. The molecule has 1 fully saturated rings. The Morgan fingerprint density at radius 3 is 2.08 bits per heavy atom. The van der Waals surface area contributed by atoms with Crippen LogP contribution in [0.1, 0.15) is 47.0 Å². The molecule has 2 rings (SSSR count). The lowest BCUT2D eigenvalue weighted by molar-refractivity contribution is -0.384. The number of nitrogens with zero attached hydrogens (tertiary/aromatic N) is 1. The van der Waals surface area contributed by atoms with Gasteiger partial charge in [-0.05, 0) is 44.7 Å². The van der Waals surface area contributed by atoms with Crippen molar-refractivity contribution in [3.8, 4) is 0 Å². The first-order chi connectivity index (χ1) is 16.9. The van der Waals surface area contributed by atoms with E-state index >= 15 is 0 Å². The molecule has 0 aromatic heterocycles. The predicted octanol–water partition coefficient (Wildman–Crippen LogP) is 0.352. The molecular formula is C23H32N6O7. The summed E-state index contributed by atoms with van der Waals surface area (Å²) in [5, 5.41) is 23.6. The molecule has 0 aliphatic carbocycles. The zero-order chi connectivity index (χ0) is 27.0. The number of nitrogens with one attached hydrogen (secondary N) is 5. The summed E-state index contributed by atoms with van der Waals surface area (Å²) in [4.78, 5) is 71.7. The topological polar surface area (TPSA) is 189 Å². The van der Waals surface area contributed by atoms with E-state index in [4.69, 9.17) is 0 Å². The summed E-state index contributed by atoms with van der Waals surface area (Å²) in [6, 6.07) is 1.70. The van der Waals surface area contributed by atoms with Crippen LogP contribution < -0.4 is 26.6 Å². The van der Waals surface area contributed by atoms with E-state index in [1.165, 1.54) is 38.1 Å². The molecule has 36 heavy (non-hydrogen) atoms. The van der Waals surface area contributed by atoms with Crippen molar-refractivity contribution in [1.29, 1.82) is 0 Å². The van der Waals surface area contributed by atoms with E-state index in [2.05, 4.69) is 26.6 Å². The van der Waals surface area contributed by atoms with E-state index in [9.17, 15) is 34.1 Å². The molecule has 4 atom stereocenters. The van der Waals surface area contributed by atoms with Crippen LogP contribution in [0.15, 0.2) is 24.3 Å². The van der Waals surface area contributed by atoms with Gasteiger partial charge >= 0.3 is 0 Å². The molecule has 0 saturated carbocycles. The molecule has 5 amide bonds. The molecule has 196 valence electrons. The Balaban J connectivity index is 1.93. The van der Waals surface area contributed by atoms with Crippen LogP contribution in [-0.2, 0) is 24.0 Å². The summed E-state index contributed by atoms with van der Waals surface area (Å²) < 4.78 is 0. The molecule has 0 spiro atoms. The van der Waals surface area contributed by atoms with Crippen molar-refractivity contribution in [2.24, 2.45) is 5.92 Å². The number of carbonyl (C=O) groups is 5. The second kappa shape index (κ2) is 12.6. The molecule has 0 unspecified atom stereocenters. The molecule has 1 aliphatic heterocycles. The fourth-order valence-corrected chi connectivity index (χ4v) is 3.49. The highest BCUT2D eigenvalue weighted by atomic mass is 16.6. The maximum Gasteiger partial charge on any atom is 0.269 e. The number of carbonyl (C=O) groups excluding carboxylic acids is 5. The predicted molar refractivity (Wildman–Crippen MR) is 129 cm³/mol. The van der Waals surface area contributed by atoms with Gasteiger partial charge in [-0.3, -0.25) is 34.1 Å². The molecule has 1 aliphatic rings. The van der Waals surface area contributed by atoms with Crippen LogP contribution in [0, 0.1) is 16.0 Å². The van der Waals surface area contributed by atoms with Crippen molar-refractivity contribution in [2.45, 2.75) is 71.1 Å². The monoisotopic (exact) mass is 504 g/mol. The van der Waals surface area contributed by atoms with Crippen LogP contribution in [0.4, 0.5) is 11.4 Å².